The van der Waals surface area contributed by atoms with Gasteiger partial charge >= 0.3 is 0 Å². The minimum Gasteiger partial charge on any atom is -0.477 e. The molecule has 0 aliphatic heterocycles. The summed E-state index contributed by atoms with van der Waals surface area (Å²) in [5.41, 5.74) is 3.20. The van der Waals surface area contributed by atoms with Gasteiger partial charge in [0.15, 0.2) is 0 Å². The molecule has 0 aliphatic carbocycles. The van der Waals surface area contributed by atoms with Gasteiger partial charge in [0.1, 0.15) is 6.33 Å². The van der Waals surface area contributed by atoms with Crippen molar-refractivity contribution >= 4 is 16.6 Å². The number of hydrogen-bond acceptors (Lipinski definition) is 5. The largest absolute Gasteiger partial charge is 0.477 e. The average Bonchev–Trinajstić information content (AvgIpc) is 2.69. The molecule has 2 aromatic carbocycles. The van der Waals surface area contributed by atoms with E-state index in [1.165, 1.54) is 29.6 Å². The zero-order valence-corrected chi connectivity index (χ0v) is 17.1. The van der Waals surface area contributed by atoms with Gasteiger partial charge in [-0.2, -0.15) is 0 Å². The highest BCUT2D eigenvalue weighted by atomic mass is 16.6. The second kappa shape index (κ2) is 9.26. The summed E-state index contributed by atoms with van der Waals surface area (Å²) in [5, 5.41) is 11.5. The molecular formula is C22H27N3O3. The number of hydrogen-bond donors (Lipinski definition) is 0. The molecule has 0 aliphatic rings. The third-order valence-electron chi connectivity index (χ3n) is 4.24. The van der Waals surface area contributed by atoms with Crippen LogP contribution in [0.1, 0.15) is 45.7 Å². The van der Waals surface area contributed by atoms with Gasteiger partial charge in [-0.05, 0) is 22.6 Å². The molecule has 0 spiro atoms. The van der Waals surface area contributed by atoms with E-state index < -0.39 is 4.92 Å². The topological polar surface area (TPSA) is 78.2 Å². The van der Waals surface area contributed by atoms with Crippen molar-refractivity contribution in [1.29, 1.82) is 0 Å². The zero-order chi connectivity index (χ0) is 20.7. The van der Waals surface area contributed by atoms with Crippen LogP contribution >= 0.6 is 0 Å². The summed E-state index contributed by atoms with van der Waals surface area (Å²) in [7, 11) is 0. The molecule has 28 heavy (non-hydrogen) atoms. The Hall–Kier alpha value is -3.02. The second-order valence-electron chi connectivity index (χ2n) is 7.18. The Bertz CT molecular complexity index is 932. The highest BCUT2D eigenvalue weighted by molar-refractivity contribution is 5.85. The molecule has 0 N–H and O–H groups in total. The van der Waals surface area contributed by atoms with Gasteiger partial charge in [0, 0.05) is 18.6 Å². The summed E-state index contributed by atoms with van der Waals surface area (Å²) in [5.74, 6) is 0.366. The number of ether oxygens (including phenoxy) is 1. The van der Waals surface area contributed by atoms with Gasteiger partial charge in [0.05, 0.1) is 22.4 Å². The predicted molar refractivity (Wildman–Crippen MR) is 112 cm³/mol. The highest BCUT2D eigenvalue weighted by Gasteiger charge is 2.13. The van der Waals surface area contributed by atoms with Crippen molar-refractivity contribution in [3.8, 4) is 5.88 Å². The normalized spacial score (nSPS) is 10.9. The van der Waals surface area contributed by atoms with Gasteiger partial charge in [0.2, 0.25) is 5.88 Å². The number of benzene rings is 2. The smallest absolute Gasteiger partial charge is 0.270 e. The number of fused-ring (bicyclic) bond motifs is 1. The quantitative estimate of drug-likeness (QED) is 0.432. The maximum absolute atomic E-state index is 11.0. The van der Waals surface area contributed by atoms with Crippen LogP contribution in [-0.4, -0.2) is 21.5 Å². The van der Waals surface area contributed by atoms with E-state index in [0.29, 0.717) is 23.4 Å². The molecule has 0 atom stereocenters. The first-order valence-electron chi connectivity index (χ1n) is 9.46. The molecule has 3 aromatic rings. The monoisotopic (exact) mass is 381 g/mol. The fourth-order valence-electron chi connectivity index (χ4n) is 2.69. The van der Waals surface area contributed by atoms with Crippen LogP contribution in [0.5, 0.6) is 5.88 Å². The number of rotatable bonds is 5. The van der Waals surface area contributed by atoms with Gasteiger partial charge in [-0.3, -0.25) is 10.1 Å². The van der Waals surface area contributed by atoms with E-state index in [0.717, 1.165) is 6.42 Å². The number of nitrogens with zero attached hydrogens (tertiary/aromatic N) is 3. The number of aromatic nitrogens is 2. The van der Waals surface area contributed by atoms with Gasteiger partial charge in [0.25, 0.3) is 5.69 Å². The zero-order valence-electron chi connectivity index (χ0n) is 17.1. The first-order chi connectivity index (χ1) is 13.3. The van der Waals surface area contributed by atoms with E-state index in [9.17, 15) is 10.1 Å². The molecule has 0 amide bonds. The number of non-ortho nitro benzene ring substituents is 1. The molecule has 6 heteroatoms. The molecule has 0 bridgehead atoms. The van der Waals surface area contributed by atoms with Crippen LogP contribution in [-0.2, 0) is 11.8 Å². The lowest BCUT2D eigenvalue weighted by Crippen LogP contribution is -2.11. The molecule has 0 unspecified atom stereocenters. The number of nitro benzene ring substituents is 1. The molecule has 1 heterocycles. The lowest BCUT2D eigenvalue weighted by molar-refractivity contribution is -0.384. The highest BCUT2D eigenvalue weighted by Crippen LogP contribution is 2.26. The second-order valence-corrected chi connectivity index (χ2v) is 7.18. The Balaban J connectivity index is 0.00000136. The molecule has 148 valence electrons. The third kappa shape index (κ3) is 5.25. The Labute approximate surface area is 165 Å². The fourth-order valence-corrected chi connectivity index (χ4v) is 2.69. The Morgan fingerprint density at radius 1 is 1.04 bits per heavy atom. The van der Waals surface area contributed by atoms with Crippen molar-refractivity contribution in [2.24, 2.45) is 0 Å². The first-order valence-corrected chi connectivity index (χ1v) is 9.46. The van der Waals surface area contributed by atoms with Crippen LogP contribution in [0.3, 0.4) is 0 Å². The minimum atomic E-state index is -0.438. The standard InChI is InChI=1S/C20H21N3O3.C2H6/c1-20(2,3)15-6-4-14(5-7-15)10-11-26-19-17-12-16(23(24)25)8-9-18(17)21-13-22-19;1-2/h4-9,12-13H,10-11H2,1-3H3;1-2H3. The summed E-state index contributed by atoms with van der Waals surface area (Å²) >= 11 is 0. The maximum Gasteiger partial charge on any atom is 0.270 e. The Morgan fingerprint density at radius 2 is 1.71 bits per heavy atom. The van der Waals surface area contributed by atoms with E-state index in [1.54, 1.807) is 6.07 Å². The SMILES string of the molecule is CC.CC(C)(C)c1ccc(CCOc2ncnc3ccc([N+](=O)[O-])cc23)cc1. The fraction of sp³-hybridized carbons (Fsp3) is 0.364. The number of nitro groups is 1. The van der Waals surface area contributed by atoms with Crippen molar-refractivity contribution in [2.75, 3.05) is 6.61 Å². The van der Waals surface area contributed by atoms with Gasteiger partial charge < -0.3 is 4.74 Å². The van der Waals surface area contributed by atoms with Crippen molar-refractivity contribution in [3.05, 3.63) is 70.0 Å². The van der Waals surface area contributed by atoms with E-state index in [-0.39, 0.29) is 11.1 Å². The van der Waals surface area contributed by atoms with Crippen LogP contribution in [0.15, 0.2) is 48.8 Å². The van der Waals surface area contributed by atoms with Crippen LogP contribution in [0, 0.1) is 10.1 Å². The molecule has 1 aromatic heterocycles. The van der Waals surface area contributed by atoms with Crippen LogP contribution in [0.4, 0.5) is 5.69 Å². The van der Waals surface area contributed by atoms with Gasteiger partial charge in [-0.15, -0.1) is 0 Å². The summed E-state index contributed by atoms with van der Waals surface area (Å²) in [6.07, 6.45) is 2.13. The van der Waals surface area contributed by atoms with Crippen molar-refractivity contribution in [3.63, 3.8) is 0 Å². The summed E-state index contributed by atoms with van der Waals surface area (Å²) in [4.78, 5) is 18.8. The molecule has 0 radical (unpaired) electrons. The molecule has 0 saturated carbocycles. The molecule has 0 fully saturated rings. The predicted octanol–water partition coefficient (Wildman–Crippen LogP) is 5.48. The van der Waals surface area contributed by atoms with Crippen molar-refractivity contribution < 1.29 is 9.66 Å². The van der Waals surface area contributed by atoms with E-state index in [1.807, 2.05) is 13.8 Å². The van der Waals surface area contributed by atoms with E-state index >= 15 is 0 Å². The molecule has 3 rings (SSSR count). The molecular weight excluding hydrogens is 354 g/mol. The van der Waals surface area contributed by atoms with Crippen LogP contribution in [0.2, 0.25) is 0 Å². The summed E-state index contributed by atoms with van der Waals surface area (Å²) < 4.78 is 5.78. The van der Waals surface area contributed by atoms with Crippen molar-refractivity contribution in [1.82, 2.24) is 9.97 Å². The molecule has 0 saturated heterocycles. The van der Waals surface area contributed by atoms with E-state index in [4.69, 9.17) is 4.74 Å². The van der Waals surface area contributed by atoms with Gasteiger partial charge in [-0.1, -0.05) is 58.9 Å². The maximum atomic E-state index is 11.0. The van der Waals surface area contributed by atoms with Crippen LogP contribution < -0.4 is 4.74 Å². The van der Waals surface area contributed by atoms with Crippen LogP contribution in [0.25, 0.3) is 10.9 Å². The lowest BCUT2D eigenvalue weighted by Gasteiger charge is -2.19. The molecule has 6 nitrogen and oxygen atoms in total. The lowest BCUT2D eigenvalue weighted by atomic mass is 9.86. The average molecular weight is 381 g/mol. The van der Waals surface area contributed by atoms with E-state index in [2.05, 4.69) is 55.0 Å². The third-order valence-corrected chi connectivity index (χ3v) is 4.24. The van der Waals surface area contributed by atoms with Gasteiger partial charge in [-0.25, -0.2) is 9.97 Å². The Morgan fingerprint density at radius 3 is 2.32 bits per heavy atom. The van der Waals surface area contributed by atoms with Crippen molar-refractivity contribution in [2.45, 2.75) is 46.5 Å². The Kier molecular flexibility index (Phi) is 7.04. The minimum absolute atomic E-state index is 0.00470. The summed E-state index contributed by atoms with van der Waals surface area (Å²) in [6, 6.07) is 13.0. The first kappa shape index (κ1) is 21.3. The summed E-state index contributed by atoms with van der Waals surface area (Å²) in [6.45, 7) is 11.0.